The van der Waals surface area contributed by atoms with Gasteiger partial charge in [0.05, 0.1) is 0 Å². The van der Waals surface area contributed by atoms with Crippen LogP contribution >= 0.6 is 22.6 Å². The molecule has 1 aromatic carbocycles. The third-order valence-corrected chi connectivity index (χ3v) is 8.39. The molecular formula is C14H23IOSi. The van der Waals surface area contributed by atoms with Gasteiger partial charge in [-0.1, -0.05) is 61.6 Å². The average Bonchev–Trinajstić information content (AvgIpc) is 2.19. The molecule has 0 unspecified atom stereocenters. The van der Waals surface area contributed by atoms with E-state index in [1.165, 1.54) is 5.56 Å². The smallest absolute Gasteiger partial charge is 0.250 e. The van der Waals surface area contributed by atoms with E-state index in [1.54, 1.807) is 0 Å². The number of benzene rings is 1. The van der Waals surface area contributed by atoms with Crippen LogP contribution in [0.15, 0.2) is 24.3 Å². The van der Waals surface area contributed by atoms with Crippen molar-refractivity contribution in [1.29, 1.82) is 0 Å². The van der Waals surface area contributed by atoms with Gasteiger partial charge in [-0.05, 0) is 36.2 Å². The Bertz CT molecular complexity index is 369. The zero-order valence-electron chi connectivity index (χ0n) is 11.5. The maximum Gasteiger partial charge on any atom is 0.250 e. The Morgan fingerprint density at radius 1 is 1.18 bits per heavy atom. The molecule has 1 nitrogen and oxygen atoms in total. The van der Waals surface area contributed by atoms with Gasteiger partial charge in [-0.15, -0.1) is 0 Å². The molecule has 0 heterocycles. The first-order valence-corrected chi connectivity index (χ1v) is 10.5. The van der Waals surface area contributed by atoms with E-state index in [-0.39, 0.29) is 5.04 Å². The highest BCUT2D eigenvalue weighted by Gasteiger charge is 2.39. The standard InChI is InChI=1S/C14H23IOSi/c1-14(2,3)17(4,5)16-13-9-7-6-8-12(13)10-11-15/h6-9H,10-11H2,1-5H3. The maximum absolute atomic E-state index is 6.39. The predicted octanol–water partition coefficient (Wildman–Crippen LogP) is 5.05. The van der Waals surface area contributed by atoms with Crippen molar-refractivity contribution < 1.29 is 4.43 Å². The van der Waals surface area contributed by atoms with E-state index in [1.807, 2.05) is 0 Å². The highest BCUT2D eigenvalue weighted by Crippen LogP contribution is 2.38. The Balaban J connectivity index is 2.95. The normalized spacial score (nSPS) is 12.6. The van der Waals surface area contributed by atoms with Gasteiger partial charge >= 0.3 is 0 Å². The van der Waals surface area contributed by atoms with Crippen molar-refractivity contribution in [2.24, 2.45) is 0 Å². The molecule has 0 radical (unpaired) electrons. The fourth-order valence-electron chi connectivity index (χ4n) is 1.34. The summed E-state index contributed by atoms with van der Waals surface area (Å²) in [6, 6.07) is 8.46. The Hall–Kier alpha value is -0.0331. The molecule has 0 aliphatic heterocycles. The molecule has 0 amide bonds. The van der Waals surface area contributed by atoms with E-state index in [2.05, 4.69) is 80.7 Å². The molecule has 0 aliphatic rings. The number of para-hydroxylation sites is 1. The summed E-state index contributed by atoms with van der Waals surface area (Å²) < 4.78 is 7.52. The molecular weight excluding hydrogens is 339 g/mol. The van der Waals surface area contributed by atoms with Crippen LogP contribution in [0.4, 0.5) is 0 Å². The van der Waals surface area contributed by atoms with Crippen LogP contribution in [-0.2, 0) is 6.42 Å². The van der Waals surface area contributed by atoms with Crippen molar-refractivity contribution in [2.45, 2.75) is 45.3 Å². The summed E-state index contributed by atoms with van der Waals surface area (Å²) in [5.41, 5.74) is 1.34. The molecule has 96 valence electrons. The second-order valence-corrected chi connectivity index (χ2v) is 11.7. The first kappa shape index (κ1) is 15.0. The summed E-state index contributed by atoms with van der Waals surface area (Å²) in [5, 5.41) is 0.254. The molecule has 0 saturated carbocycles. The van der Waals surface area contributed by atoms with Crippen LogP contribution in [0.25, 0.3) is 0 Å². The SMILES string of the molecule is CC(C)(C)[Si](C)(C)Oc1ccccc1CCI. The maximum atomic E-state index is 6.39. The third-order valence-electron chi connectivity index (χ3n) is 3.51. The summed E-state index contributed by atoms with van der Waals surface area (Å²) in [7, 11) is -1.71. The zero-order chi connectivity index (χ0) is 13.1. The topological polar surface area (TPSA) is 9.23 Å². The van der Waals surface area contributed by atoms with E-state index in [4.69, 9.17) is 4.43 Å². The van der Waals surface area contributed by atoms with Crippen LogP contribution in [0.5, 0.6) is 5.75 Å². The highest BCUT2D eigenvalue weighted by atomic mass is 127. The fraction of sp³-hybridized carbons (Fsp3) is 0.571. The molecule has 0 fully saturated rings. The lowest BCUT2D eigenvalue weighted by Gasteiger charge is -2.37. The number of rotatable bonds is 4. The molecule has 17 heavy (non-hydrogen) atoms. The molecule has 0 aliphatic carbocycles. The van der Waals surface area contributed by atoms with Crippen LogP contribution in [0.3, 0.4) is 0 Å². The third kappa shape index (κ3) is 3.98. The quantitative estimate of drug-likeness (QED) is 0.414. The summed E-state index contributed by atoms with van der Waals surface area (Å²) in [6.07, 6.45) is 1.09. The minimum atomic E-state index is -1.71. The Labute approximate surface area is 120 Å². The van der Waals surface area contributed by atoms with Gasteiger partial charge < -0.3 is 4.43 Å². The molecule has 3 heteroatoms. The lowest BCUT2D eigenvalue weighted by atomic mass is 10.1. The van der Waals surface area contributed by atoms with Gasteiger partial charge in [-0.2, -0.15) is 0 Å². The molecule has 0 bridgehead atoms. The molecule has 1 rings (SSSR count). The van der Waals surface area contributed by atoms with E-state index < -0.39 is 8.32 Å². The number of halogens is 1. The van der Waals surface area contributed by atoms with Crippen molar-refractivity contribution in [2.75, 3.05) is 4.43 Å². The molecule has 0 spiro atoms. The molecule has 0 N–H and O–H groups in total. The lowest BCUT2D eigenvalue weighted by Crippen LogP contribution is -2.44. The van der Waals surface area contributed by atoms with E-state index in [9.17, 15) is 0 Å². The Morgan fingerprint density at radius 3 is 2.29 bits per heavy atom. The Morgan fingerprint density at radius 2 is 1.76 bits per heavy atom. The molecule has 0 saturated heterocycles. The van der Waals surface area contributed by atoms with Crippen LogP contribution in [0.2, 0.25) is 18.1 Å². The van der Waals surface area contributed by atoms with Crippen LogP contribution < -0.4 is 4.43 Å². The van der Waals surface area contributed by atoms with E-state index in [0.29, 0.717) is 0 Å². The van der Waals surface area contributed by atoms with Crippen molar-refractivity contribution in [3.8, 4) is 5.75 Å². The molecule has 0 atom stereocenters. The first-order chi connectivity index (χ1) is 7.78. The summed E-state index contributed by atoms with van der Waals surface area (Å²) in [5.74, 6) is 1.09. The van der Waals surface area contributed by atoms with Crippen molar-refractivity contribution in [1.82, 2.24) is 0 Å². The minimum absolute atomic E-state index is 0.254. The number of aryl methyl sites for hydroxylation is 1. The van der Waals surface area contributed by atoms with Gasteiger partial charge in [0, 0.05) is 4.43 Å². The highest BCUT2D eigenvalue weighted by molar-refractivity contribution is 14.1. The largest absolute Gasteiger partial charge is 0.543 e. The van der Waals surface area contributed by atoms with Gasteiger partial charge in [0.1, 0.15) is 5.75 Å². The van der Waals surface area contributed by atoms with Crippen molar-refractivity contribution in [3.05, 3.63) is 29.8 Å². The second kappa shape index (κ2) is 5.74. The van der Waals surface area contributed by atoms with E-state index in [0.717, 1.165) is 16.6 Å². The Kier molecular flexibility index (Phi) is 5.07. The van der Waals surface area contributed by atoms with Crippen LogP contribution in [0, 0.1) is 0 Å². The summed E-state index contributed by atoms with van der Waals surface area (Å²) in [6.45, 7) is 11.4. The second-order valence-electron chi connectivity index (χ2n) is 5.91. The minimum Gasteiger partial charge on any atom is -0.543 e. The number of hydrogen-bond acceptors (Lipinski definition) is 1. The van der Waals surface area contributed by atoms with Crippen LogP contribution in [-0.4, -0.2) is 12.7 Å². The molecule has 0 aromatic heterocycles. The van der Waals surface area contributed by atoms with Crippen LogP contribution in [0.1, 0.15) is 26.3 Å². The van der Waals surface area contributed by atoms with Gasteiger partial charge in [-0.25, -0.2) is 0 Å². The summed E-state index contributed by atoms with van der Waals surface area (Å²) >= 11 is 2.42. The molecule has 1 aromatic rings. The van der Waals surface area contributed by atoms with Gasteiger partial charge in [0.15, 0.2) is 0 Å². The predicted molar refractivity (Wildman–Crippen MR) is 86.9 cm³/mol. The van der Waals surface area contributed by atoms with E-state index >= 15 is 0 Å². The fourth-order valence-corrected chi connectivity index (χ4v) is 2.98. The lowest BCUT2D eigenvalue weighted by molar-refractivity contribution is 0.488. The monoisotopic (exact) mass is 362 g/mol. The van der Waals surface area contributed by atoms with Crippen molar-refractivity contribution in [3.63, 3.8) is 0 Å². The van der Waals surface area contributed by atoms with Gasteiger partial charge in [-0.3, -0.25) is 0 Å². The summed E-state index contributed by atoms with van der Waals surface area (Å²) in [4.78, 5) is 0. The van der Waals surface area contributed by atoms with Gasteiger partial charge in [0.2, 0.25) is 8.32 Å². The van der Waals surface area contributed by atoms with Gasteiger partial charge in [0.25, 0.3) is 0 Å². The number of alkyl halides is 1. The van der Waals surface area contributed by atoms with Crippen molar-refractivity contribution >= 4 is 30.9 Å². The average molecular weight is 362 g/mol. The number of hydrogen-bond donors (Lipinski definition) is 0. The zero-order valence-corrected chi connectivity index (χ0v) is 14.7. The first-order valence-electron chi connectivity index (χ1n) is 6.11.